The second-order valence-electron chi connectivity index (χ2n) is 3.95. The topological polar surface area (TPSA) is 84.4 Å². The molecule has 1 aromatic carbocycles. The number of rotatable bonds is 5. The first kappa shape index (κ1) is 15.1. The van der Waals surface area contributed by atoms with Crippen LogP contribution in [0.3, 0.4) is 0 Å². The van der Waals surface area contributed by atoms with Crippen molar-refractivity contribution in [2.45, 2.75) is 21.4 Å². The third kappa shape index (κ3) is 3.65. The van der Waals surface area contributed by atoms with Crippen LogP contribution in [-0.2, 0) is 5.75 Å². The van der Waals surface area contributed by atoms with Gasteiger partial charge in [0.2, 0.25) is 0 Å². The summed E-state index contributed by atoms with van der Waals surface area (Å²) >= 11 is 4.87. The first-order valence-electron chi connectivity index (χ1n) is 5.71. The van der Waals surface area contributed by atoms with Gasteiger partial charge in [-0.1, -0.05) is 52.1 Å². The number of nitrogens with two attached hydrogens (primary N) is 1. The zero-order valence-electron chi connectivity index (χ0n) is 11.0. The molecule has 2 rings (SSSR count). The van der Waals surface area contributed by atoms with Crippen LogP contribution < -0.4 is 5.73 Å². The van der Waals surface area contributed by atoms with Crippen LogP contribution in [0.25, 0.3) is 0 Å². The number of thioether (sulfide) groups is 2. The summed E-state index contributed by atoms with van der Waals surface area (Å²) in [5.41, 5.74) is 8.60. The van der Waals surface area contributed by atoms with Gasteiger partial charge < -0.3 is 10.9 Å². The van der Waals surface area contributed by atoms with Gasteiger partial charge in [-0.2, -0.15) is 0 Å². The number of hydrogen-bond donors (Lipinski definition) is 2. The zero-order chi connectivity index (χ0) is 14.5. The van der Waals surface area contributed by atoms with Crippen LogP contribution >= 0.6 is 34.9 Å². The minimum atomic E-state index is 0.126. The van der Waals surface area contributed by atoms with Crippen molar-refractivity contribution in [3.63, 3.8) is 0 Å². The Morgan fingerprint density at radius 1 is 1.40 bits per heavy atom. The molecular formula is C12H14N4OS3. The fraction of sp³-hybridized carbons (Fsp3) is 0.250. The first-order valence-corrected chi connectivity index (χ1v) is 8.74. The lowest BCUT2D eigenvalue weighted by molar-refractivity contribution is 0.318. The predicted molar refractivity (Wildman–Crippen MR) is 84.9 cm³/mol. The average molecular weight is 326 g/mol. The number of hydrogen-bond acceptors (Lipinski definition) is 7. The van der Waals surface area contributed by atoms with Crippen LogP contribution in [0.1, 0.15) is 16.7 Å². The van der Waals surface area contributed by atoms with E-state index in [-0.39, 0.29) is 5.84 Å². The summed E-state index contributed by atoms with van der Waals surface area (Å²) in [4.78, 5) is 0. The predicted octanol–water partition coefficient (Wildman–Crippen LogP) is 2.96. The molecule has 0 fully saturated rings. The van der Waals surface area contributed by atoms with E-state index >= 15 is 0 Å². The summed E-state index contributed by atoms with van der Waals surface area (Å²) in [7, 11) is 0. The highest BCUT2D eigenvalue weighted by Crippen LogP contribution is 2.30. The highest BCUT2D eigenvalue weighted by molar-refractivity contribution is 8.02. The van der Waals surface area contributed by atoms with Gasteiger partial charge in [0.15, 0.2) is 14.5 Å². The van der Waals surface area contributed by atoms with Crippen molar-refractivity contribution in [2.75, 3.05) is 6.26 Å². The van der Waals surface area contributed by atoms with Crippen molar-refractivity contribution in [1.82, 2.24) is 10.2 Å². The van der Waals surface area contributed by atoms with E-state index in [4.69, 9.17) is 10.9 Å². The molecule has 0 saturated carbocycles. The molecule has 0 aliphatic heterocycles. The van der Waals surface area contributed by atoms with Crippen LogP contribution in [0, 0.1) is 6.92 Å². The van der Waals surface area contributed by atoms with Crippen LogP contribution in [0.2, 0.25) is 0 Å². The Morgan fingerprint density at radius 2 is 2.15 bits per heavy atom. The van der Waals surface area contributed by atoms with Gasteiger partial charge in [-0.25, -0.2) is 0 Å². The molecule has 5 nitrogen and oxygen atoms in total. The van der Waals surface area contributed by atoms with Gasteiger partial charge in [-0.3, -0.25) is 0 Å². The molecule has 8 heteroatoms. The maximum atomic E-state index is 8.67. The van der Waals surface area contributed by atoms with Crippen LogP contribution in [0.4, 0.5) is 0 Å². The maximum absolute atomic E-state index is 8.67. The first-order chi connectivity index (χ1) is 9.63. The fourth-order valence-electron chi connectivity index (χ4n) is 1.55. The van der Waals surface area contributed by atoms with Crippen molar-refractivity contribution >= 4 is 40.7 Å². The lowest BCUT2D eigenvalue weighted by atomic mass is 10.1. The van der Waals surface area contributed by atoms with E-state index in [2.05, 4.69) is 15.4 Å². The van der Waals surface area contributed by atoms with Gasteiger partial charge in [0.05, 0.1) is 0 Å². The van der Waals surface area contributed by atoms with Gasteiger partial charge in [-0.05, 0) is 30.4 Å². The van der Waals surface area contributed by atoms with Gasteiger partial charge in [-0.15, -0.1) is 10.2 Å². The van der Waals surface area contributed by atoms with Crippen LogP contribution in [0.15, 0.2) is 32.0 Å². The zero-order valence-corrected chi connectivity index (χ0v) is 13.5. The molecule has 0 atom stereocenters. The molecule has 3 N–H and O–H groups in total. The number of amidine groups is 1. The van der Waals surface area contributed by atoms with E-state index in [9.17, 15) is 0 Å². The quantitative estimate of drug-likeness (QED) is 0.289. The number of oxime groups is 1. The normalized spacial score (nSPS) is 11.8. The lowest BCUT2D eigenvalue weighted by Crippen LogP contribution is -2.13. The summed E-state index contributed by atoms with van der Waals surface area (Å²) in [5, 5.41) is 19.9. The Hall–Kier alpha value is -1.25. The third-order valence-corrected chi connectivity index (χ3v) is 5.74. The van der Waals surface area contributed by atoms with Crippen LogP contribution in [0.5, 0.6) is 0 Å². The highest BCUT2D eigenvalue weighted by Gasteiger charge is 2.07. The second-order valence-corrected chi connectivity index (χ2v) is 7.21. The van der Waals surface area contributed by atoms with E-state index < -0.39 is 0 Å². The molecule has 2 aromatic rings. The Kier molecular flexibility index (Phi) is 5.27. The number of aromatic nitrogens is 2. The molecular weight excluding hydrogens is 312 g/mol. The van der Waals surface area contributed by atoms with Crippen molar-refractivity contribution in [2.24, 2.45) is 10.9 Å². The maximum Gasteiger partial charge on any atom is 0.175 e. The Morgan fingerprint density at radius 3 is 2.75 bits per heavy atom. The van der Waals surface area contributed by atoms with Crippen molar-refractivity contribution in [3.05, 3.63) is 34.9 Å². The van der Waals surface area contributed by atoms with Gasteiger partial charge in [0.25, 0.3) is 0 Å². The molecule has 1 heterocycles. The number of nitrogens with zero attached hydrogens (tertiary/aromatic N) is 3. The van der Waals surface area contributed by atoms with E-state index in [1.807, 2.05) is 31.4 Å². The summed E-state index contributed by atoms with van der Waals surface area (Å²) in [6.07, 6.45) is 1.99. The minimum absolute atomic E-state index is 0.126. The van der Waals surface area contributed by atoms with Crippen molar-refractivity contribution < 1.29 is 5.21 Å². The van der Waals surface area contributed by atoms with E-state index in [0.29, 0.717) is 0 Å². The molecule has 0 aliphatic rings. The van der Waals surface area contributed by atoms with Gasteiger partial charge in [0.1, 0.15) is 0 Å². The van der Waals surface area contributed by atoms with E-state index in [1.54, 1.807) is 34.9 Å². The van der Waals surface area contributed by atoms with E-state index in [0.717, 1.165) is 25.6 Å². The molecule has 1 aromatic heterocycles. The average Bonchev–Trinajstić information content (AvgIpc) is 2.93. The fourth-order valence-corrected chi connectivity index (χ4v) is 4.07. The molecule has 0 bridgehead atoms. The second kappa shape index (κ2) is 6.96. The summed E-state index contributed by atoms with van der Waals surface area (Å²) in [5.74, 6) is 0.951. The van der Waals surface area contributed by atoms with Crippen LogP contribution in [-0.4, -0.2) is 27.5 Å². The summed E-state index contributed by atoms with van der Waals surface area (Å²) in [6, 6.07) is 5.76. The summed E-state index contributed by atoms with van der Waals surface area (Å²) in [6.45, 7) is 2.01. The number of benzene rings is 1. The summed E-state index contributed by atoms with van der Waals surface area (Å²) < 4.78 is 1.95. The Balaban J connectivity index is 2.06. The Labute approximate surface area is 129 Å². The molecule has 0 radical (unpaired) electrons. The van der Waals surface area contributed by atoms with Crippen molar-refractivity contribution in [1.29, 1.82) is 0 Å². The van der Waals surface area contributed by atoms with Gasteiger partial charge in [0, 0.05) is 11.3 Å². The standard InChI is InChI=1S/C12H14N4OS3/c1-7-5-8(10(13)16-17)3-4-9(7)6-19-12-15-14-11(18-2)20-12/h3-5,17H,6H2,1-2H3,(H2,13,16). The monoisotopic (exact) mass is 326 g/mol. The molecule has 0 amide bonds. The molecule has 0 spiro atoms. The molecule has 0 aliphatic carbocycles. The lowest BCUT2D eigenvalue weighted by Gasteiger charge is -2.06. The molecule has 0 unspecified atom stereocenters. The third-order valence-electron chi connectivity index (χ3n) is 2.66. The number of aryl methyl sites for hydroxylation is 1. The van der Waals surface area contributed by atoms with Gasteiger partial charge >= 0.3 is 0 Å². The molecule has 106 valence electrons. The minimum Gasteiger partial charge on any atom is -0.409 e. The highest BCUT2D eigenvalue weighted by atomic mass is 32.2. The molecule has 0 saturated heterocycles. The SMILES string of the molecule is CSc1nnc(SCc2ccc(/C(N)=N/O)cc2C)s1. The smallest absolute Gasteiger partial charge is 0.175 e. The van der Waals surface area contributed by atoms with E-state index in [1.165, 1.54) is 5.56 Å². The largest absolute Gasteiger partial charge is 0.409 e. The van der Waals surface area contributed by atoms with Crippen molar-refractivity contribution in [3.8, 4) is 0 Å². The molecule has 20 heavy (non-hydrogen) atoms. The Bertz CT molecular complexity index is 627.